The van der Waals surface area contributed by atoms with Crippen molar-refractivity contribution in [2.75, 3.05) is 11.9 Å². The molecule has 0 unspecified atom stereocenters. The summed E-state index contributed by atoms with van der Waals surface area (Å²) in [7, 11) is 0. The zero-order valence-electron chi connectivity index (χ0n) is 17.5. The first-order chi connectivity index (χ1) is 16.0. The molecule has 2 aromatic heterocycles. The van der Waals surface area contributed by atoms with Crippen LogP contribution in [0, 0.1) is 5.82 Å². The minimum atomic E-state index is -0.548. The van der Waals surface area contributed by atoms with Crippen molar-refractivity contribution in [3.63, 3.8) is 0 Å². The fourth-order valence-corrected chi connectivity index (χ4v) is 4.00. The summed E-state index contributed by atoms with van der Waals surface area (Å²) in [6, 6.07) is 14.1. The smallest absolute Gasteiger partial charge is 0.295 e. The first kappa shape index (κ1) is 22.6. The van der Waals surface area contributed by atoms with Gasteiger partial charge in [0.05, 0.1) is 21.2 Å². The van der Waals surface area contributed by atoms with E-state index < -0.39 is 5.91 Å². The first-order valence-corrected chi connectivity index (χ1v) is 11.4. The molecule has 0 aliphatic rings. The number of aromatic nitrogens is 3. The lowest BCUT2D eigenvalue weighted by molar-refractivity contribution is 0.0953. The topological polar surface area (TPSA) is 88.9 Å². The molecule has 2 heterocycles. The van der Waals surface area contributed by atoms with Crippen LogP contribution in [0.1, 0.15) is 34.3 Å². The zero-order chi connectivity index (χ0) is 23.4. The van der Waals surface area contributed by atoms with Crippen LogP contribution in [0.4, 0.5) is 10.1 Å². The van der Waals surface area contributed by atoms with Crippen molar-refractivity contribution in [1.82, 2.24) is 20.1 Å². The maximum absolute atomic E-state index is 13.4. The van der Waals surface area contributed by atoms with Gasteiger partial charge in [-0.1, -0.05) is 24.6 Å². The molecule has 4 rings (SSSR count). The molecule has 0 aliphatic heterocycles. The molecule has 168 valence electrons. The number of carbonyl (C=O) groups excluding carboxylic acids is 2. The predicted molar refractivity (Wildman–Crippen MR) is 127 cm³/mol. The molecule has 0 atom stereocenters. The van der Waals surface area contributed by atoms with E-state index in [1.54, 1.807) is 24.3 Å². The molecule has 2 aromatic carbocycles. The maximum Gasteiger partial charge on any atom is 0.295 e. The third-order valence-electron chi connectivity index (χ3n) is 4.63. The Morgan fingerprint density at radius 2 is 1.91 bits per heavy atom. The monoisotopic (exact) mass is 483 g/mol. The normalized spacial score (nSPS) is 10.8. The van der Waals surface area contributed by atoms with Gasteiger partial charge >= 0.3 is 0 Å². The molecule has 0 fully saturated rings. The minimum Gasteiger partial charge on any atom is -0.352 e. The summed E-state index contributed by atoms with van der Waals surface area (Å²) >= 11 is 7.69. The van der Waals surface area contributed by atoms with Crippen molar-refractivity contribution in [2.24, 2.45) is 0 Å². The van der Waals surface area contributed by atoms with Gasteiger partial charge in [-0.05, 0) is 60.3 Å². The van der Waals surface area contributed by atoms with Gasteiger partial charge in [0.25, 0.3) is 11.8 Å². The molecule has 10 heteroatoms. The number of carbonyl (C=O) groups is 2. The first-order valence-electron chi connectivity index (χ1n) is 10.1. The number of benzene rings is 2. The summed E-state index contributed by atoms with van der Waals surface area (Å²) in [5.41, 5.74) is 1.28. The quantitative estimate of drug-likeness (QED) is 0.379. The van der Waals surface area contributed by atoms with Crippen LogP contribution in [0.15, 0.2) is 60.0 Å². The molecule has 0 saturated heterocycles. The van der Waals surface area contributed by atoms with Crippen LogP contribution in [0.3, 0.4) is 0 Å². The Balaban J connectivity index is 1.60. The van der Waals surface area contributed by atoms with Crippen LogP contribution in [-0.2, 0) is 0 Å². The molecule has 0 saturated carbocycles. The standard InChI is InChI=1S/C23H19ClFN5O2S/c1-2-11-26-22(31)17-10-7-15(13-18(17)24)27-23(32)20-28-21(19-4-3-12-33-19)30(29-20)16-8-5-14(25)6-9-16/h3-10,12-13H,2,11H2,1H3,(H,26,31)(H,27,32). The number of nitrogens with one attached hydrogen (secondary N) is 2. The highest BCUT2D eigenvalue weighted by Crippen LogP contribution is 2.26. The van der Waals surface area contributed by atoms with E-state index in [2.05, 4.69) is 20.7 Å². The second-order valence-electron chi connectivity index (χ2n) is 7.03. The average Bonchev–Trinajstić information content (AvgIpc) is 3.48. The number of halogens is 2. The molecule has 2 N–H and O–H groups in total. The highest BCUT2D eigenvalue weighted by Gasteiger charge is 2.20. The fraction of sp³-hybridized carbons (Fsp3) is 0.130. The molecular formula is C23H19ClFN5O2S. The number of hydrogen-bond donors (Lipinski definition) is 2. The van der Waals surface area contributed by atoms with Crippen molar-refractivity contribution >= 4 is 40.4 Å². The van der Waals surface area contributed by atoms with Gasteiger partial charge in [-0.2, -0.15) is 0 Å². The van der Waals surface area contributed by atoms with E-state index in [0.717, 1.165) is 11.3 Å². The number of amides is 2. The van der Waals surface area contributed by atoms with E-state index >= 15 is 0 Å². The number of hydrogen-bond acceptors (Lipinski definition) is 5. The number of nitrogens with zero attached hydrogens (tertiary/aromatic N) is 3. The summed E-state index contributed by atoms with van der Waals surface area (Å²) in [6.07, 6.45) is 0.808. The Kier molecular flexibility index (Phi) is 6.81. The van der Waals surface area contributed by atoms with Gasteiger partial charge in [0, 0.05) is 12.2 Å². The summed E-state index contributed by atoms with van der Waals surface area (Å²) in [5, 5.41) is 11.9. The van der Waals surface area contributed by atoms with Crippen molar-refractivity contribution in [2.45, 2.75) is 13.3 Å². The van der Waals surface area contributed by atoms with E-state index in [4.69, 9.17) is 11.6 Å². The van der Waals surface area contributed by atoms with Crippen molar-refractivity contribution in [1.29, 1.82) is 0 Å². The van der Waals surface area contributed by atoms with E-state index in [-0.39, 0.29) is 22.6 Å². The molecule has 0 bridgehead atoms. The predicted octanol–water partition coefficient (Wildman–Crippen LogP) is 5.18. The lowest BCUT2D eigenvalue weighted by atomic mass is 10.2. The van der Waals surface area contributed by atoms with Crippen molar-refractivity contribution in [3.05, 3.63) is 82.2 Å². The van der Waals surface area contributed by atoms with Crippen molar-refractivity contribution in [3.8, 4) is 16.4 Å². The molecule has 0 aliphatic carbocycles. The van der Waals surface area contributed by atoms with E-state index in [1.807, 2.05) is 24.4 Å². The Morgan fingerprint density at radius 1 is 1.12 bits per heavy atom. The van der Waals surface area contributed by atoms with Gasteiger partial charge in [0.1, 0.15) is 5.82 Å². The molecule has 7 nitrogen and oxygen atoms in total. The highest BCUT2D eigenvalue weighted by atomic mass is 35.5. The molecule has 0 spiro atoms. The maximum atomic E-state index is 13.4. The lowest BCUT2D eigenvalue weighted by Gasteiger charge is -2.08. The fourth-order valence-electron chi connectivity index (χ4n) is 3.03. The van der Waals surface area contributed by atoms with Crippen molar-refractivity contribution < 1.29 is 14.0 Å². The van der Waals surface area contributed by atoms with Crippen LogP contribution in [0.2, 0.25) is 5.02 Å². The summed E-state index contributed by atoms with van der Waals surface area (Å²) in [6.45, 7) is 2.50. The molecule has 33 heavy (non-hydrogen) atoms. The van der Waals surface area contributed by atoms with Gasteiger partial charge in [-0.25, -0.2) is 14.1 Å². The highest BCUT2D eigenvalue weighted by molar-refractivity contribution is 7.13. The Bertz CT molecular complexity index is 1290. The second kappa shape index (κ2) is 9.93. The summed E-state index contributed by atoms with van der Waals surface area (Å²) < 4.78 is 14.9. The SMILES string of the molecule is CCCNC(=O)c1ccc(NC(=O)c2nc(-c3cccs3)n(-c3ccc(F)cc3)n2)cc1Cl. The number of rotatable bonds is 7. The molecular weight excluding hydrogens is 465 g/mol. The molecule has 4 aromatic rings. The Hall–Kier alpha value is -3.56. The summed E-state index contributed by atoms with van der Waals surface area (Å²) in [4.78, 5) is 30.2. The Labute approximate surface area is 198 Å². The van der Waals surface area contributed by atoms with E-state index in [1.165, 1.54) is 34.2 Å². The second-order valence-corrected chi connectivity index (χ2v) is 8.38. The number of anilines is 1. The van der Waals surface area contributed by atoms with Gasteiger partial charge in [0.15, 0.2) is 5.82 Å². The minimum absolute atomic E-state index is 0.0661. The lowest BCUT2D eigenvalue weighted by Crippen LogP contribution is -2.24. The van der Waals surface area contributed by atoms with Gasteiger partial charge in [0.2, 0.25) is 5.82 Å². The van der Waals surface area contributed by atoms with Gasteiger partial charge in [-0.3, -0.25) is 9.59 Å². The van der Waals surface area contributed by atoms with Crippen LogP contribution in [0.5, 0.6) is 0 Å². The largest absolute Gasteiger partial charge is 0.352 e. The van der Waals surface area contributed by atoms with E-state index in [9.17, 15) is 14.0 Å². The van der Waals surface area contributed by atoms with Crippen LogP contribution in [-0.4, -0.2) is 33.1 Å². The number of thiophene rings is 1. The van der Waals surface area contributed by atoms with Gasteiger partial charge in [-0.15, -0.1) is 16.4 Å². The molecule has 2 amide bonds. The average molecular weight is 484 g/mol. The third-order valence-corrected chi connectivity index (χ3v) is 5.81. The van der Waals surface area contributed by atoms with Crippen LogP contribution < -0.4 is 10.6 Å². The Morgan fingerprint density at radius 3 is 2.58 bits per heavy atom. The third kappa shape index (κ3) is 5.10. The van der Waals surface area contributed by atoms with Crippen LogP contribution >= 0.6 is 22.9 Å². The zero-order valence-corrected chi connectivity index (χ0v) is 19.1. The summed E-state index contributed by atoms with van der Waals surface area (Å²) in [5.74, 6) is -0.808. The van der Waals surface area contributed by atoms with Gasteiger partial charge < -0.3 is 10.6 Å². The molecule has 0 radical (unpaired) electrons. The van der Waals surface area contributed by atoms with E-state index in [0.29, 0.717) is 29.3 Å². The van der Waals surface area contributed by atoms with Crippen LogP contribution in [0.25, 0.3) is 16.4 Å².